The molecule has 0 aliphatic carbocycles. The SMILES string of the molecule is CC[C@](C)(c1ccc(Cl)cc1)c1nnc2n1CCCCCC2.CO. The predicted molar refractivity (Wildman–Crippen MR) is 98.5 cm³/mol. The largest absolute Gasteiger partial charge is 0.400 e. The molecule has 0 saturated heterocycles. The number of aryl methyl sites for hydroxylation is 1. The molecule has 2 heterocycles. The average Bonchev–Trinajstić information content (AvgIpc) is 2.99. The van der Waals surface area contributed by atoms with Crippen LogP contribution < -0.4 is 0 Å². The van der Waals surface area contributed by atoms with Crippen molar-refractivity contribution in [3.05, 3.63) is 46.5 Å². The minimum Gasteiger partial charge on any atom is -0.400 e. The first-order valence-electron chi connectivity index (χ1n) is 8.78. The van der Waals surface area contributed by atoms with Gasteiger partial charge in [-0.1, -0.05) is 43.5 Å². The molecule has 0 fully saturated rings. The number of halogens is 1. The average molecular weight is 350 g/mol. The minimum atomic E-state index is -0.116. The summed E-state index contributed by atoms with van der Waals surface area (Å²) in [6, 6.07) is 8.18. The highest BCUT2D eigenvalue weighted by Crippen LogP contribution is 2.35. The Morgan fingerprint density at radius 3 is 2.42 bits per heavy atom. The number of rotatable bonds is 3. The Hall–Kier alpha value is -1.39. The molecule has 3 rings (SSSR count). The normalized spacial score (nSPS) is 16.9. The molecule has 0 saturated carbocycles. The molecule has 24 heavy (non-hydrogen) atoms. The zero-order valence-electron chi connectivity index (χ0n) is 14.9. The summed E-state index contributed by atoms with van der Waals surface area (Å²) in [7, 11) is 1.00. The maximum Gasteiger partial charge on any atom is 0.143 e. The molecule has 2 aromatic rings. The van der Waals surface area contributed by atoms with Gasteiger partial charge in [-0.3, -0.25) is 0 Å². The van der Waals surface area contributed by atoms with E-state index in [1.165, 1.54) is 31.2 Å². The van der Waals surface area contributed by atoms with E-state index >= 15 is 0 Å². The second-order valence-electron chi connectivity index (χ2n) is 6.45. The van der Waals surface area contributed by atoms with Gasteiger partial charge in [-0.15, -0.1) is 10.2 Å². The highest BCUT2D eigenvalue weighted by Gasteiger charge is 2.33. The van der Waals surface area contributed by atoms with Crippen molar-refractivity contribution in [1.82, 2.24) is 14.8 Å². The van der Waals surface area contributed by atoms with Crippen LogP contribution in [0.3, 0.4) is 0 Å². The Balaban J connectivity index is 0.00000100. The van der Waals surface area contributed by atoms with Crippen molar-refractivity contribution >= 4 is 11.6 Å². The van der Waals surface area contributed by atoms with Gasteiger partial charge in [-0.25, -0.2) is 0 Å². The van der Waals surface area contributed by atoms with E-state index in [4.69, 9.17) is 16.7 Å². The predicted octanol–water partition coefficient (Wildman–Crippen LogP) is 4.37. The Kier molecular flexibility index (Phi) is 6.81. The van der Waals surface area contributed by atoms with Gasteiger partial charge in [-0.2, -0.15) is 0 Å². The lowest BCUT2D eigenvalue weighted by molar-refractivity contribution is 0.399. The molecule has 1 aromatic heterocycles. The van der Waals surface area contributed by atoms with Crippen LogP contribution >= 0.6 is 11.6 Å². The van der Waals surface area contributed by atoms with Crippen molar-refractivity contribution in [2.45, 2.75) is 64.3 Å². The van der Waals surface area contributed by atoms with E-state index in [2.05, 4.69) is 40.7 Å². The zero-order chi connectivity index (χ0) is 17.6. The fraction of sp³-hybridized carbons (Fsp3) is 0.579. The van der Waals surface area contributed by atoms with Crippen molar-refractivity contribution in [3.63, 3.8) is 0 Å². The molecule has 1 aromatic carbocycles. The van der Waals surface area contributed by atoms with Crippen LogP contribution in [0.4, 0.5) is 0 Å². The number of nitrogens with zero attached hydrogens (tertiary/aromatic N) is 3. The smallest absolute Gasteiger partial charge is 0.143 e. The van der Waals surface area contributed by atoms with Gasteiger partial charge < -0.3 is 9.67 Å². The molecule has 1 aliphatic heterocycles. The van der Waals surface area contributed by atoms with Crippen LogP contribution in [0.1, 0.15) is 63.2 Å². The van der Waals surface area contributed by atoms with E-state index in [0.29, 0.717) is 0 Å². The number of aromatic nitrogens is 3. The van der Waals surface area contributed by atoms with Crippen LogP contribution in [-0.2, 0) is 18.4 Å². The molecule has 1 N–H and O–H groups in total. The quantitative estimate of drug-likeness (QED) is 0.895. The van der Waals surface area contributed by atoms with Crippen LogP contribution in [0, 0.1) is 0 Å². The van der Waals surface area contributed by atoms with Crippen LogP contribution in [0.5, 0.6) is 0 Å². The molecular weight excluding hydrogens is 322 g/mol. The van der Waals surface area contributed by atoms with Gasteiger partial charge in [0, 0.05) is 25.1 Å². The molecular formula is C19H28ClN3O. The molecule has 5 heteroatoms. The van der Waals surface area contributed by atoms with Crippen LogP contribution in [-0.4, -0.2) is 27.0 Å². The van der Waals surface area contributed by atoms with E-state index in [0.717, 1.165) is 43.2 Å². The lowest BCUT2D eigenvalue weighted by atomic mass is 9.79. The van der Waals surface area contributed by atoms with Gasteiger partial charge in [0.15, 0.2) is 0 Å². The van der Waals surface area contributed by atoms with Gasteiger partial charge in [-0.05, 0) is 43.9 Å². The molecule has 0 spiro atoms. The minimum absolute atomic E-state index is 0.116. The topological polar surface area (TPSA) is 50.9 Å². The first-order chi connectivity index (χ1) is 11.6. The number of aliphatic hydroxyl groups excluding tert-OH is 1. The molecule has 0 bridgehead atoms. The maximum absolute atomic E-state index is 7.00. The molecule has 1 atom stereocenters. The summed E-state index contributed by atoms with van der Waals surface area (Å²) in [5, 5.41) is 16.9. The third-order valence-corrected chi connectivity index (χ3v) is 5.29. The van der Waals surface area contributed by atoms with Crippen LogP contribution in [0.15, 0.2) is 24.3 Å². The van der Waals surface area contributed by atoms with Gasteiger partial charge in [0.25, 0.3) is 0 Å². The Morgan fingerprint density at radius 2 is 1.75 bits per heavy atom. The fourth-order valence-electron chi connectivity index (χ4n) is 3.38. The summed E-state index contributed by atoms with van der Waals surface area (Å²) >= 11 is 6.05. The summed E-state index contributed by atoms with van der Waals surface area (Å²) < 4.78 is 2.37. The Labute approximate surface area is 149 Å². The standard InChI is InChI=1S/C18H24ClN3.CH4O/c1-3-18(2,14-9-11-15(19)12-10-14)17-21-20-16-8-6-4-5-7-13-22(16)17;1-2/h9-12H,3-8,13H2,1-2H3;2H,1H3/t18-;/m1./s1. The zero-order valence-corrected chi connectivity index (χ0v) is 15.7. The third-order valence-electron chi connectivity index (χ3n) is 5.04. The maximum atomic E-state index is 7.00. The first-order valence-corrected chi connectivity index (χ1v) is 9.16. The van der Waals surface area contributed by atoms with Gasteiger partial charge in [0.2, 0.25) is 0 Å². The molecule has 132 valence electrons. The second-order valence-corrected chi connectivity index (χ2v) is 6.88. The molecule has 0 amide bonds. The van der Waals surface area contributed by atoms with Crippen molar-refractivity contribution in [1.29, 1.82) is 0 Å². The Bertz CT molecular complexity index is 639. The molecule has 0 unspecified atom stereocenters. The van der Waals surface area contributed by atoms with E-state index < -0.39 is 0 Å². The highest BCUT2D eigenvalue weighted by atomic mass is 35.5. The second kappa shape index (κ2) is 8.63. The lowest BCUT2D eigenvalue weighted by Crippen LogP contribution is -2.28. The summed E-state index contributed by atoms with van der Waals surface area (Å²) in [5.41, 5.74) is 1.14. The van der Waals surface area contributed by atoms with E-state index in [1.54, 1.807) is 0 Å². The van der Waals surface area contributed by atoms with E-state index in [1.807, 2.05) is 12.1 Å². The number of aliphatic hydroxyl groups is 1. The van der Waals surface area contributed by atoms with Gasteiger partial charge in [0.05, 0.1) is 5.41 Å². The molecule has 1 aliphatic rings. The number of benzene rings is 1. The van der Waals surface area contributed by atoms with E-state index in [9.17, 15) is 0 Å². The van der Waals surface area contributed by atoms with Gasteiger partial charge in [0.1, 0.15) is 11.6 Å². The number of hydrogen-bond acceptors (Lipinski definition) is 3. The monoisotopic (exact) mass is 349 g/mol. The van der Waals surface area contributed by atoms with Crippen molar-refractivity contribution in [2.24, 2.45) is 0 Å². The van der Waals surface area contributed by atoms with Crippen LogP contribution in [0.2, 0.25) is 5.02 Å². The van der Waals surface area contributed by atoms with E-state index in [-0.39, 0.29) is 5.41 Å². The lowest BCUT2D eigenvalue weighted by Gasteiger charge is -2.29. The molecule has 4 nitrogen and oxygen atoms in total. The third kappa shape index (κ3) is 3.81. The van der Waals surface area contributed by atoms with Gasteiger partial charge >= 0.3 is 0 Å². The first kappa shape index (κ1) is 18.9. The Morgan fingerprint density at radius 1 is 1.08 bits per heavy atom. The summed E-state index contributed by atoms with van der Waals surface area (Å²) in [6.07, 6.45) is 7.10. The van der Waals surface area contributed by atoms with Crippen molar-refractivity contribution in [3.8, 4) is 0 Å². The van der Waals surface area contributed by atoms with Crippen molar-refractivity contribution < 1.29 is 5.11 Å². The summed E-state index contributed by atoms with van der Waals surface area (Å²) in [6.45, 7) is 5.53. The fourth-order valence-corrected chi connectivity index (χ4v) is 3.51. The number of hydrogen-bond donors (Lipinski definition) is 1. The summed E-state index contributed by atoms with van der Waals surface area (Å²) in [4.78, 5) is 0. The highest BCUT2D eigenvalue weighted by molar-refractivity contribution is 6.30. The molecule has 0 radical (unpaired) electrons. The summed E-state index contributed by atoms with van der Waals surface area (Å²) in [5.74, 6) is 2.26. The van der Waals surface area contributed by atoms with Crippen molar-refractivity contribution in [2.75, 3.05) is 7.11 Å². The van der Waals surface area contributed by atoms with Crippen LogP contribution in [0.25, 0.3) is 0 Å². The number of fused-ring (bicyclic) bond motifs is 1.